The quantitative estimate of drug-likeness (QED) is 0.612. The summed E-state index contributed by atoms with van der Waals surface area (Å²) in [4.78, 5) is 4.07. The summed E-state index contributed by atoms with van der Waals surface area (Å²) in [6.45, 7) is 0. The molecule has 0 aliphatic rings. The summed E-state index contributed by atoms with van der Waals surface area (Å²) in [6.07, 6.45) is 3.34. The van der Waals surface area contributed by atoms with Crippen molar-refractivity contribution in [1.29, 1.82) is 0 Å². The molecule has 11 heavy (non-hydrogen) atoms. The standard InChI is InChI=1S/C9H6NO/c1-2-6-10-8(4-1)9-5-3-7-11-9/h1-3,5-7H. The zero-order chi connectivity index (χ0) is 7.52. The number of hydrogen-bond acceptors (Lipinski definition) is 2. The Kier molecular flexibility index (Phi) is 1.44. The Balaban J connectivity index is 2.46. The van der Waals surface area contributed by atoms with E-state index < -0.39 is 0 Å². The van der Waals surface area contributed by atoms with E-state index in [2.05, 4.69) is 11.1 Å². The summed E-state index contributed by atoms with van der Waals surface area (Å²) in [5.41, 5.74) is 0.748. The second-order valence-corrected chi connectivity index (χ2v) is 2.11. The van der Waals surface area contributed by atoms with Crippen molar-refractivity contribution in [3.8, 4) is 11.5 Å². The minimum atomic E-state index is 0.748. The Labute approximate surface area is 64.5 Å². The minimum Gasteiger partial charge on any atom is -0.463 e. The summed E-state index contributed by atoms with van der Waals surface area (Å²) in [5, 5.41) is 0. The van der Waals surface area contributed by atoms with Gasteiger partial charge >= 0.3 is 0 Å². The minimum absolute atomic E-state index is 0.748. The lowest BCUT2D eigenvalue weighted by Crippen LogP contribution is -1.77. The molecule has 2 heteroatoms. The van der Waals surface area contributed by atoms with Gasteiger partial charge in [0, 0.05) is 12.3 Å². The van der Waals surface area contributed by atoms with Gasteiger partial charge in [0.25, 0.3) is 0 Å². The Morgan fingerprint density at radius 2 is 2.36 bits per heavy atom. The maximum Gasteiger partial charge on any atom is 0.152 e. The van der Waals surface area contributed by atoms with Crippen LogP contribution in [0.25, 0.3) is 11.5 Å². The molecule has 0 aliphatic carbocycles. The van der Waals surface area contributed by atoms with Gasteiger partial charge in [0.05, 0.1) is 6.26 Å². The largest absolute Gasteiger partial charge is 0.463 e. The molecule has 1 radical (unpaired) electrons. The van der Waals surface area contributed by atoms with E-state index in [0.29, 0.717) is 0 Å². The predicted molar refractivity (Wildman–Crippen MR) is 40.8 cm³/mol. The maximum absolute atomic E-state index is 5.13. The third-order valence-corrected chi connectivity index (χ3v) is 1.36. The van der Waals surface area contributed by atoms with Gasteiger partial charge in [-0.1, -0.05) is 6.07 Å². The summed E-state index contributed by atoms with van der Waals surface area (Å²) < 4.78 is 5.13. The van der Waals surface area contributed by atoms with Gasteiger partial charge in [-0.15, -0.1) is 0 Å². The first-order chi connectivity index (χ1) is 5.47. The van der Waals surface area contributed by atoms with Gasteiger partial charge in [0.2, 0.25) is 0 Å². The SMILES string of the molecule is [c]1cccnc1-c1ccco1. The van der Waals surface area contributed by atoms with Crippen LogP contribution in [0.4, 0.5) is 0 Å². The van der Waals surface area contributed by atoms with Gasteiger partial charge in [-0.3, -0.25) is 4.98 Å². The second kappa shape index (κ2) is 2.58. The van der Waals surface area contributed by atoms with Crippen molar-refractivity contribution in [3.05, 3.63) is 42.8 Å². The molecule has 0 aromatic carbocycles. The summed E-state index contributed by atoms with van der Waals surface area (Å²) in [7, 11) is 0. The highest BCUT2D eigenvalue weighted by Crippen LogP contribution is 2.14. The van der Waals surface area contributed by atoms with Crippen molar-refractivity contribution in [2.24, 2.45) is 0 Å². The summed E-state index contributed by atoms with van der Waals surface area (Å²) >= 11 is 0. The molecule has 0 spiro atoms. The van der Waals surface area contributed by atoms with Gasteiger partial charge < -0.3 is 4.42 Å². The van der Waals surface area contributed by atoms with Gasteiger partial charge in [-0.05, 0) is 18.2 Å². The van der Waals surface area contributed by atoms with Crippen molar-refractivity contribution in [3.63, 3.8) is 0 Å². The molecule has 0 atom stereocenters. The molecule has 0 saturated heterocycles. The van der Waals surface area contributed by atoms with Crippen molar-refractivity contribution in [2.45, 2.75) is 0 Å². The highest BCUT2D eigenvalue weighted by atomic mass is 16.3. The van der Waals surface area contributed by atoms with Crippen LogP contribution < -0.4 is 0 Å². The number of aromatic nitrogens is 1. The zero-order valence-electron chi connectivity index (χ0n) is 5.82. The summed E-state index contributed by atoms with van der Waals surface area (Å²) in [5.74, 6) is 0.755. The lowest BCUT2D eigenvalue weighted by Gasteiger charge is -1.90. The van der Waals surface area contributed by atoms with E-state index in [9.17, 15) is 0 Å². The molecule has 0 fully saturated rings. The Morgan fingerprint density at radius 3 is 3.00 bits per heavy atom. The molecule has 2 nitrogen and oxygen atoms in total. The van der Waals surface area contributed by atoms with E-state index in [1.807, 2.05) is 24.3 Å². The van der Waals surface area contributed by atoms with Gasteiger partial charge in [0.1, 0.15) is 5.69 Å². The van der Waals surface area contributed by atoms with E-state index in [0.717, 1.165) is 11.5 Å². The van der Waals surface area contributed by atoms with Crippen LogP contribution in [0.1, 0.15) is 0 Å². The molecule has 2 aromatic rings. The molecule has 53 valence electrons. The van der Waals surface area contributed by atoms with Gasteiger partial charge in [-0.2, -0.15) is 0 Å². The molecule has 0 aliphatic heterocycles. The average molecular weight is 144 g/mol. The van der Waals surface area contributed by atoms with Crippen LogP contribution in [0.3, 0.4) is 0 Å². The topological polar surface area (TPSA) is 26.0 Å². The molecule has 2 aromatic heterocycles. The second-order valence-electron chi connectivity index (χ2n) is 2.11. The van der Waals surface area contributed by atoms with Crippen LogP contribution >= 0.6 is 0 Å². The Hall–Kier alpha value is -1.57. The highest BCUT2D eigenvalue weighted by molar-refractivity contribution is 5.49. The lowest BCUT2D eigenvalue weighted by molar-refractivity contribution is 0.580. The fourth-order valence-electron chi connectivity index (χ4n) is 0.873. The number of furan rings is 1. The number of nitrogens with zero attached hydrogens (tertiary/aromatic N) is 1. The van der Waals surface area contributed by atoms with Crippen LogP contribution in [0.15, 0.2) is 41.1 Å². The number of pyridine rings is 1. The fourth-order valence-corrected chi connectivity index (χ4v) is 0.873. The fraction of sp³-hybridized carbons (Fsp3) is 0. The molecular weight excluding hydrogens is 138 g/mol. The van der Waals surface area contributed by atoms with Gasteiger partial charge in [-0.25, -0.2) is 0 Å². The number of rotatable bonds is 1. The van der Waals surface area contributed by atoms with E-state index >= 15 is 0 Å². The van der Waals surface area contributed by atoms with Crippen molar-refractivity contribution >= 4 is 0 Å². The first-order valence-corrected chi connectivity index (χ1v) is 3.33. The molecule has 0 amide bonds. The van der Waals surface area contributed by atoms with E-state index in [1.54, 1.807) is 12.5 Å². The third-order valence-electron chi connectivity index (χ3n) is 1.36. The average Bonchev–Trinajstić information content (AvgIpc) is 2.58. The van der Waals surface area contributed by atoms with E-state index in [4.69, 9.17) is 4.42 Å². The van der Waals surface area contributed by atoms with Crippen molar-refractivity contribution < 1.29 is 4.42 Å². The van der Waals surface area contributed by atoms with Crippen LogP contribution in [-0.4, -0.2) is 4.98 Å². The zero-order valence-corrected chi connectivity index (χ0v) is 5.82. The molecule has 2 heterocycles. The van der Waals surface area contributed by atoms with Gasteiger partial charge in [0.15, 0.2) is 5.76 Å². The summed E-state index contributed by atoms with van der Waals surface area (Å²) in [6, 6.07) is 10.3. The smallest absolute Gasteiger partial charge is 0.152 e. The third kappa shape index (κ3) is 1.15. The van der Waals surface area contributed by atoms with Crippen molar-refractivity contribution in [1.82, 2.24) is 4.98 Å². The lowest BCUT2D eigenvalue weighted by atomic mass is 10.3. The first-order valence-electron chi connectivity index (χ1n) is 3.33. The molecule has 2 rings (SSSR count). The highest BCUT2D eigenvalue weighted by Gasteiger charge is 1.98. The first kappa shape index (κ1) is 6.16. The Morgan fingerprint density at radius 1 is 1.36 bits per heavy atom. The van der Waals surface area contributed by atoms with E-state index in [-0.39, 0.29) is 0 Å². The Bertz CT molecular complexity index is 313. The number of hydrogen-bond donors (Lipinski definition) is 0. The predicted octanol–water partition coefficient (Wildman–Crippen LogP) is 2.14. The van der Waals surface area contributed by atoms with Crippen LogP contribution in [0.2, 0.25) is 0 Å². The molecule has 0 unspecified atom stereocenters. The van der Waals surface area contributed by atoms with Crippen molar-refractivity contribution in [2.75, 3.05) is 0 Å². The molecule has 0 N–H and O–H groups in total. The van der Waals surface area contributed by atoms with Crippen LogP contribution in [0.5, 0.6) is 0 Å². The molecular formula is C9H6NO. The van der Waals surface area contributed by atoms with Crippen LogP contribution in [0, 0.1) is 6.07 Å². The molecule has 0 bridgehead atoms. The maximum atomic E-state index is 5.13. The molecule has 0 saturated carbocycles. The normalized spacial score (nSPS) is 9.82. The monoisotopic (exact) mass is 144 g/mol. The van der Waals surface area contributed by atoms with Crippen LogP contribution in [-0.2, 0) is 0 Å². The van der Waals surface area contributed by atoms with E-state index in [1.165, 1.54) is 0 Å².